The first-order chi connectivity index (χ1) is 11.2. The van der Waals surface area contributed by atoms with Crippen molar-refractivity contribution >= 4 is 22.9 Å². The molecule has 2 heterocycles. The number of benzene rings is 1. The van der Waals surface area contributed by atoms with Gasteiger partial charge in [-0.15, -0.1) is 0 Å². The van der Waals surface area contributed by atoms with Gasteiger partial charge in [0.2, 0.25) is 0 Å². The minimum absolute atomic E-state index is 0.152. The molecule has 0 atom stereocenters. The van der Waals surface area contributed by atoms with Crippen LogP contribution in [0.15, 0.2) is 53.5 Å². The Hall–Kier alpha value is -2.53. The Morgan fingerprint density at radius 2 is 2.00 bits per heavy atom. The van der Waals surface area contributed by atoms with E-state index in [9.17, 15) is 4.79 Å². The number of ether oxygens (including phenoxy) is 1. The van der Waals surface area contributed by atoms with E-state index in [1.54, 1.807) is 18.3 Å². The molecule has 1 N–H and O–H groups in total. The molecule has 6 heteroatoms. The maximum atomic E-state index is 12.1. The molecule has 0 saturated carbocycles. The zero-order valence-electron chi connectivity index (χ0n) is 12.6. The highest BCUT2D eigenvalue weighted by Gasteiger charge is 2.03. The van der Waals surface area contributed by atoms with E-state index in [0.29, 0.717) is 29.5 Å². The van der Waals surface area contributed by atoms with Crippen LogP contribution in [0.25, 0.3) is 5.65 Å². The average Bonchev–Trinajstić information content (AvgIpc) is 2.55. The third-order valence-corrected chi connectivity index (χ3v) is 3.54. The third kappa shape index (κ3) is 3.63. The van der Waals surface area contributed by atoms with Crippen LogP contribution in [-0.2, 0) is 6.54 Å². The van der Waals surface area contributed by atoms with E-state index in [2.05, 4.69) is 10.3 Å². The van der Waals surface area contributed by atoms with Gasteiger partial charge in [-0.1, -0.05) is 11.6 Å². The second-order valence-corrected chi connectivity index (χ2v) is 5.41. The van der Waals surface area contributed by atoms with Gasteiger partial charge in [-0.05, 0) is 43.3 Å². The van der Waals surface area contributed by atoms with Gasteiger partial charge < -0.3 is 10.1 Å². The molecule has 3 rings (SSSR count). The van der Waals surface area contributed by atoms with Gasteiger partial charge in [0.05, 0.1) is 23.9 Å². The van der Waals surface area contributed by atoms with Gasteiger partial charge in [0.15, 0.2) is 0 Å². The molecular formula is C17H16ClN3O2. The van der Waals surface area contributed by atoms with Crippen molar-refractivity contribution in [2.45, 2.75) is 13.5 Å². The van der Waals surface area contributed by atoms with Crippen molar-refractivity contribution in [3.05, 3.63) is 69.7 Å². The number of anilines is 1. The van der Waals surface area contributed by atoms with Crippen LogP contribution in [0.1, 0.15) is 12.6 Å². The summed E-state index contributed by atoms with van der Waals surface area (Å²) in [5, 5.41) is 3.74. The molecule has 0 unspecified atom stereocenters. The Labute approximate surface area is 138 Å². The van der Waals surface area contributed by atoms with Crippen LogP contribution in [0.4, 0.5) is 5.69 Å². The highest BCUT2D eigenvalue weighted by Crippen LogP contribution is 2.16. The summed E-state index contributed by atoms with van der Waals surface area (Å²) < 4.78 is 6.84. The van der Waals surface area contributed by atoms with Crippen LogP contribution >= 0.6 is 11.6 Å². The zero-order chi connectivity index (χ0) is 16.2. The number of nitrogens with zero attached hydrogens (tertiary/aromatic N) is 2. The van der Waals surface area contributed by atoms with Gasteiger partial charge in [-0.3, -0.25) is 9.20 Å². The van der Waals surface area contributed by atoms with Gasteiger partial charge in [0.25, 0.3) is 5.56 Å². The molecule has 0 amide bonds. The first-order valence-electron chi connectivity index (χ1n) is 7.30. The van der Waals surface area contributed by atoms with Gasteiger partial charge in [0.1, 0.15) is 11.4 Å². The maximum Gasteiger partial charge on any atom is 0.258 e. The predicted octanol–water partition coefficient (Wildman–Crippen LogP) is 3.36. The largest absolute Gasteiger partial charge is 0.494 e. The van der Waals surface area contributed by atoms with Crippen molar-refractivity contribution in [2.75, 3.05) is 11.9 Å². The Kier molecular flexibility index (Phi) is 4.48. The molecule has 5 nitrogen and oxygen atoms in total. The number of nitrogens with one attached hydrogen (secondary N) is 1. The lowest BCUT2D eigenvalue weighted by molar-refractivity contribution is 0.340. The normalized spacial score (nSPS) is 10.7. The summed E-state index contributed by atoms with van der Waals surface area (Å²) in [4.78, 5) is 16.6. The molecule has 118 valence electrons. The lowest BCUT2D eigenvalue weighted by atomic mass is 10.3. The molecule has 0 aliphatic heterocycles. The van der Waals surface area contributed by atoms with Crippen LogP contribution < -0.4 is 15.6 Å². The lowest BCUT2D eigenvalue weighted by Gasteiger charge is -2.08. The average molecular weight is 330 g/mol. The van der Waals surface area contributed by atoms with E-state index in [1.807, 2.05) is 31.2 Å². The zero-order valence-corrected chi connectivity index (χ0v) is 13.4. The minimum Gasteiger partial charge on any atom is -0.494 e. The monoisotopic (exact) mass is 329 g/mol. The molecule has 0 fully saturated rings. The Morgan fingerprint density at radius 1 is 1.22 bits per heavy atom. The van der Waals surface area contributed by atoms with E-state index in [1.165, 1.54) is 10.5 Å². The summed E-state index contributed by atoms with van der Waals surface area (Å²) in [5.41, 5.74) is 2.03. The van der Waals surface area contributed by atoms with Gasteiger partial charge in [-0.25, -0.2) is 4.98 Å². The molecule has 0 saturated heterocycles. The van der Waals surface area contributed by atoms with Crippen LogP contribution in [0.5, 0.6) is 5.75 Å². The SMILES string of the molecule is CCOc1ccc(NCc2cc(=O)n3cc(Cl)ccc3n2)cc1. The van der Waals surface area contributed by atoms with Gasteiger partial charge in [0, 0.05) is 18.0 Å². The molecule has 0 bridgehead atoms. The van der Waals surface area contributed by atoms with E-state index < -0.39 is 0 Å². The second kappa shape index (κ2) is 6.71. The van der Waals surface area contributed by atoms with E-state index in [4.69, 9.17) is 16.3 Å². The molecule has 0 spiro atoms. The molecule has 0 radical (unpaired) electrons. The molecule has 0 aliphatic carbocycles. The Bertz CT molecular complexity index is 875. The van der Waals surface area contributed by atoms with Crippen molar-refractivity contribution in [1.29, 1.82) is 0 Å². The van der Waals surface area contributed by atoms with E-state index in [0.717, 1.165) is 11.4 Å². The summed E-state index contributed by atoms with van der Waals surface area (Å²) in [6.45, 7) is 3.05. The van der Waals surface area contributed by atoms with E-state index in [-0.39, 0.29) is 5.56 Å². The highest BCUT2D eigenvalue weighted by atomic mass is 35.5. The highest BCUT2D eigenvalue weighted by molar-refractivity contribution is 6.30. The third-order valence-electron chi connectivity index (χ3n) is 3.32. The maximum absolute atomic E-state index is 12.1. The van der Waals surface area contributed by atoms with Crippen LogP contribution in [0.3, 0.4) is 0 Å². The van der Waals surface area contributed by atoms with Crippen molar-refractivity contribution in [1.82, 2.24) is 9.38 Å². The molecular weight excluding hydrogens is 314 g/mol. The molecule has 3 aromatic rings. The number of aromatic nitrogens is 2. The Morgan fingerprint density at radius 3 is 2.74 bits per heavy atom. The van der Waals surface area contributed by atoms with Gasteiger partial charge in [-0.2, -0.15) is 0 Å². The van der Waals surface area contributed by atoms with Crippen LogP contribution in [0.2, 0.25) is 5.02 Å². The number of halogens is 1. The number of hydrogen-bond donors (Lipinski definition) is 1. The molecule has 0 aliphatic rings. The first-order valence-corrected chi connectivity index (χ1v) is 7.68. The fourth-order valence-corrected chi connectivity index (χ4v) is 2.41. The van der Waals surface area contributed by atoms with Crippen molar-refractivity contribution < 1.29 is 4.74 Å². The topological polar surface area (TPSA) is 55.6 Å². The summed E-state index contributed by atoms with van der Waals surface area (Å²) in [7, 11) is 0. The fraction of sp³-hybridized carbons (Fsp3) is 0.176. The van der Waals surface area contributed by atoms with Crippen LogP contribution in [0, 0.1) is 0 Å². The van der Waals surface area contributed by atoms with Crippen molar-refractivity contribution in [3.8, 4) is 5.75 Å². The number of fused-ring (bicyclic) bond motifs is 1. The van der Waals surface area contributed by atoms with E-state index >= 15 is 0 Å². The standard InChI is InChI=1S/C17H16ClN3O2/c1-2-23-15-6-4-13(5-7-15)19-10-14-9-17(22)21-11-12(18)3-8-16(21)20-14/h3-9,11,19H,2,10H2,1H3. The number of hydrogen-bond acceptors (Lipinski definition) is 4. The molecule has 23 heavy (non-hydrogen) atoms. The summed E-state index contributed by atoms with van der Waals surface area (Å²) in [6.07, 6.45) is 1.57. The number of pyridine rings is 1. The van der Waals surface area contributed by atoms with Gasteiger partial charge >= 0.3 is 0 Å². The lowest BCUT2D eigenvalue weighted by Crippen LogP contribution is -2.16. The molecule has 2 aromatic heterocycles. The second-order valence-electron chi connectivity index (χ2n) is 4.97. The smallest absolute Gasteiger partial charge is 0.258 e. The van der Waals surface area contributed by atoms with Crippen molar-refractivity contribution in [2.24, 2.45) is 0 Å². The predicted molar refractivity (Wildman–Crippen MR) is 91.4 cm³/mol. The fourth-order valence-electron chi connectivity index (χ4n) is 2.24. The minimum atomic E-state index is -0.152. The first kappa shape index (κ1) is 15.4. The summed E-state index contributed by atoms with van der Waals surface area (Å²) in [5.74, 6) is 0.831. The quantitative estimate of drug-likeness (QED) is 0.780. The van der Waals surface area contributed by atoms with Crippen molar-refractivity contribution in [3.63, 3.8) is 0 Å². The molecule has 1 aromatic carbocycles. The number of rotatable bonds is 5. The van der Waals surface area contributed by atoms with Crippen LogP contribution in [-0.4, -0.2) is 16.0 Å². The summed E-state index contributed by atoms with van der Waals surface area (Å²) >= 11 is 5.90. The Balaban J connectivity index is 1.76. The summed E-state index contributed by atoms with van der Waals surface area (Å²) in [6, 6.07) is 12.6.